The fraction of sp³-hybridized carbons (Fsp3) is 0.0800. The van der Waals surface area contributed by atoms with Gasteiger partial charge in [-0.05, 0) is 120 Å². The number of rotatable bonds is 6. The third-order valence-electron chi connectivity index (χ3n) is 4.67. The Morgan fingerprint density at radius 3 is 2.47 bits per heavy atom. The van der Waals surface area contributed by atoms with Crippen molar-refractivity contribution < 1.29 is 19.1 Å². The molecule has 0 bridgehead atoms. The third kappa shape index (κ3) is 6.13. The highest BCUT2D eigenvalue weighted by molar-refractivity contribution is 14.1. The standard InChI is InChI=1S/C25H17Br2IN2O4/c1-14(31)29-19-7-5-17(6-8-19)24-30-22(25(32)34-24)12-16-10-20(26)23(21(27)11-16)33-13-15-3-2-4-18(28)9-15/h2-12H,13H2,1H3,(H,29,31)/b22-12-. The Bertz CT molecular complexity index is 1310. The summed E-state index contributed by atoms with van der Waals surface area (Å²) >= 11 is 9.38. The normalized spacial score (nSPS) is 14.1. The summed E-state index contributed by atoms with van der Waals surface area (Å²) in [5.41, 5.74) is 3.28. The summed E-state index contributed by atoms with van der Waals surface area (Å²) < 4.78 is 14.0. The summed E-state index contributed by atoms with van der Waals surface area (Å²) in [4.78, 5) is 27.9. The van der Waals surface area contributed by atoms with Crippen molar-refractivity contribution in [3.8, 4) is 5.75 Å². The molecule has 0 unspecified atom stereocenters. The second-order valence-electron chi connectivity index (χ2n) is 7.33. The van der Waals surface area contributed by atoms with E-state index in [-0.39, 0.29) is 17.5 Å². The van der Waals surface area contributed by atoms with E-state index >= 15 is 0 Å². The Balaban J connectivity index is 1.52. The smallest absolute Gasteiger partial charge is 0.363 e. The summed E-state index contributed by atoms with van der Waals surface area (Å²) in [6, 6.07) is 18.7. The average Bonchev–Trinajstić information content (AvgIpc) is 3.13. The van der Waals surface area contributed by atoms with Crippen LogP contribution in [0, 0.1) is 3.57 Å². The van der Waals surface area contributed by atoms with Crippen LogP contribution in [0.5, 0.6) is 5.75 Å². The summed E-state index contributed by atoms with van der Waals surface area (Å²) in [6.45, 7) is 1.86. The van der Waals surface area contributed by atoms with Gasteiger partial charge in [-0.2, -0.15) is 0 Å². The molecular formula is C25H17Br2IN2O4. The summed E-state index contributed by atoms with van der Waals surface area (Å²) in [5, 5.41) is 2.69. The molecule has 0 spiro atoms. The molecule has 1 heterocycles. The zero-order valence-electron chi connectivity index (χ0n) is 17.8. The minimum Gasteiger partial charge on any atom is -0.487 e. The number of halogens is 3. The van der Waals surface area contributed by atoms with Gasteiger partial charge in [0.15, 0.2) is 5.70 Å². The summed E-state index contributed by atoms with van der Waals surface area (Å²) in [6.07, 6.45) is 1.65. The number of nitrogens with zero attached hydrogens (tertiary/aromatic N) is 1. The number of carbonyl (C=O) groups excluding carboxylic acids is 2. The average molecular weight is 696 g/mol. The van der Waals surface area contributed by atoms with E-state index in [1.807, 2.05) is 30.3 Å². The zero-order valence-corrected chi connectivity index (χ0v) is 23.1. The van der Waals surface area contributed by atoms with Crippen LogP contribution < -0.4 is 10.1 Å². The predicted octanol–water partition coefficient (Wildman–Crippen LogP) is 6.70. The molecule has 1 aliphatic rings. The maximum absolute atomic E-state index is 12.4. The minimum absolute atomic E-state index is 0.161. The highest BCUT2D eigenvalue weighted by atomic mass is 127. The topological polar surface area (TPSA) is 77.0 Å². The zero-order chi connectivity index (χ0) is 24.2. The molecule has 6 nitrogen and oxygen atoms in total. The quantitative estimate of drug-likeness (QED) is 0.177. The van der Waals surface area contributed by atoms with Crippen LogP contribution in [0.15, 0.2) is 80.3 Å². The first-order valence-electron chi connectivity index (χ1n) is 10.1. The van der Waals surface area contributed by atoms with Crippen molar-refractivity contribution in [2.24, 2.45) is 4.99 Å². The van der Waals surface area contributed by atoms with E-state index in [4.69, 9.17) is 9.47 Å². The SMILES string of the molecule is CC(=O)Nc1ccc(C2=N/C(=C\c3cc(Br)c(OCc4cccc(I)c4)c(Br)c3)C(=O)O2)cc1. The van der Waals surface area contributed by atoms with Crippen LogP contribution in [0.4, 0.5) is 5.69 Å². The number of hydrogen-bond acceptors (Lipinski definition) is 5. The molecule has 4 rings (SSSR count). The van der Waals surface area contributed by atoms with Gasteiger partial charge >= 0.3 is 5.97 Å². The molecule has 0 fully saturated rings. The monoisotopic (exact) mass is 694 g/mol. The maximum Gasteiger partial charge on any atom is 0.363 e. The van der Waals surface area contributed by atoms with Crippen molar-refractivity contribution in [2.45, 2.75) is 13.5 Å². The number of cyclic esters (lactones) is 1. The highest BCUT2D eigenvalue weighted by Crippen LogP contribution is 2.36. The molecule has 172 valence electrons. The van der Waals surface area contributed by atoms with E-state index in [1.165, 1.54) is 6.92 Å². The fourth-order valence-electron chi connectivity index (χ4n) is 3.17. The molecule has 0 aromatic heterocycles. The van der Waals surface area contributed by atoms with Crippen LogP contribution >= 0.6 is 54.5 Å². The van der Waals surface area contributed by atoms with Crippen molar-refractivity contribution in [2.75, 3.05) is 5.32 Å². The number of ether oxygens (including phenoxy) is 2. The fourth-order valence-corrected chi connectivity index (χ4v) is 5.23. The van der Waals surface area contributed by atoms with Crippen molar-refractivity contribution in [3.63, 3.8) is 0 Å². The summed E-state index contributed by atoms with van der Waals surface area (Å²) in [7, 11) is 0. The van der Waals surface area contributed by atoms with Crippen LogP contribution in [0.3, 0.4) is 0 Å². The lowest BCUT2D eigenvalue weighted by atomic mass is 10.2. The molecular weight excluding hydrogens is 679 g/mol. The van der Waals surface area contributed by atoms with Gasteiger partial charge in [0.05, 0.1) is 8.95 Å². The Hall–Kier alpha value is -2.50. The molecule has 1 N–H and O–H groups in total. The Morgan fingerprint density at radius 2 is 1.82 bits per heavy atom. The van der Waals surface area contributed by atoms with Gasteiger partial charge in [0.1, 0.15) is 12.4 Å². The molecule has 3 aromatic rings. The minimum atomic E-state index is -0.535. The Morgan fingerprint density at radius 1 is 1.12 bits per heavy atom. The molecule has 0 saturated carbocycles. The second kappa shape index (κ2) is 10.8. The maximum atomic E-state index is 12.4. The van der Waals surface area contributed by atoms with Gasteiger partial charge in [0.25, 0.3) is 0 Å². The van der Waals surface area contributed by atoms with Crippen molar-refractivity contribution >= 4 is 84.0 Å². The molecule has 0 saturated heterocycles. The van der Waals surface area contributed by atoms with Gasteiger partial charge in [-0.25, -0.2) is 9.79 Å². The predicted molar refractivity (Wildman–Crippen MR) is 147 cm³/mol. The van der Waals surface area contributed by atoms with E-state index < -0.39 is 5.97 Å². The van der Waals surface area contributed by atoms with Gasteiger partial charge in [0.2, 0.25) is 11.8 Å². The first-order chi connectivity index (χ1) is 16.3. The van der Waals surface area contributed by atoms with Crippen molar-refractivity contribution in [1.29, 1.82) is 0 Å². The van der Waals surface area contributed by atoms with Crippen molar-refractivity contribution in [1.82, 2.24) is 0 Å². The van der Waals surface area contributed by atoms with Crippen LogP contribution in [0.1, 0.15) is 23.6 Å². The molecule has 0 radical (unpaired) electrons. The van der Waals surface area contributed by atoms with E-state index in [0.29, 0.717) is 23.6 Å². The second-order valence-corrected chi connectivity index (χ2v) is 10.3. The van der Waals surface area contributed by atoms with Crippen LogP contribution in [0.25, 0.3) is 6.08 Å². The number of esters is 1. The van der Waals surface area contributed by atoms with Gasteiger partial charge in [-0.1, -0.05) is 12.1 Å². The number of benzene rings is 3. The first-order valence-corrected chi connectivity index (χ1v) is 12.7. The van der Waals surface area contributed by atoms with Gasteiger partial charge in [-0.15, -0.1) is 0 Å². The lowest BCUT2D eigenvalue weighted by Gasteiger charge is -2.12. The lowest BCUT2D eigenvalue weighted by Crippen LogP contribution is -2.07. The lowest BCUT2D eigenvalue weighted by molar-refractivity contribution is -0.129. The number of carbonyl (C=O) groups is 2. The van der Waals surface area contributed by atoms with Crippen molar-refractivity contribution in [3.05, 3.63) is 95.6 Å². The van der Waals surface area contributed by atoms with Crippen LogP contribution in [-0.2, 0) is 20.9 Å². The van der Waals surface area contributed by atoms with Gasteiger partial charge in [-0.3, -0.25) is 4.79 Å². The van der Waals surface area contributed by atoms with Crippen LogP contribution in [-0.4, -0.2) is 17.8 Å². The van der Waals surface area contributed by atoms with E-state index in [2.05, 4.69) is 70.8 Å². The third-order valence-corrected chi connectivity index (χ3v) is 6.52. The van der Waals surface area contributed by atoms with E-state index in [1.54, 1.807) is 30.3 Å². The Labute approximate surface area is 226 Å². The largest absolute Gasteiger partial charge is 0.487 e. The molecule has 1 aliphatic heterocycles. The Kier molecular flexibility index (Phi) is 7.84. The van der Waals surface area contributed by atoms with E-state index in [0.717, 1.165) is 23.6 Å². The molecule has 0 aliphatic carbocycles. The molecule has 1 amide bonds. The van der Waals surface area contributed by atoms with Gasteiger partial charge < -0.3 is 14.8 Å². The number of anilines is 1. The molecule has 34 heavy (non-hydrogen) atoms. The number of aliphatic imine (C=N–C) groups is 1. The number of nitrogens with one attached hydrogen (secondary N) is 1. The summed E-state index contributed by atoms with van der Waals surface area (Å²) in [5.74, 6) is 0.179. The highest BCUT2D eigenvalue weighted by Gasteiger charge is 2.24. The molecule has 0 atom stereocenters. The molecule has 3 aromatic carbocycles. The number of hydrogen-bond donors (Lipinski definition) is 1. The number of amides is 1. The first kappa shape index (κ1) is 24.6. The van der Waals surface area contributed by atoms with Gasteiger partial charge in [0, 0.05) is 21.7 Å². The molecule has 9 heteroatoms. The van der Waals surface area contributed by atoms with E-state index in [9.17, 15) is 9.59 Å². The van der Waals surface area contributed by atoms with Crippen LogP contribution in [0.2, 0.25) is 0 Å².